The van der Waals surface area contributed by atoms with Crippen molar-refractivity contribution in [2.45, 2.75) is 0 Å². The van der Waals surface area contributed by atoms with Crippen molar-refractivity contribution in [1.82, 2.24) is 0 Å². The average Bonchev–Trinajstić information content (AvgIpc) is 2.03. The molecule has 0 aliphatic heterocycles. The Morgan fingerprint density at radius 1 is 1.00 bits per heavy atom. The molecule has 0 heterocycles. The van der Waals surface area contributed by atoms with Gasteiger partial charge in [-0.3, -0.25) is 0 Å². The van der Waals surface area contributed by atoms with E-state index in [1.54, 1.807) is 12.1 Å². The van der Waals surface area contributed by atoms with Crippen molar-refractivity contribution in [3.05, 3.63) is 35.9 Å². The van der Waals surface area contributed by atoms with E-state index in [1.165, 1.54) is 0 Å². The lowest BCUT2D eigenvalue weighted by Crippen LogP contribution is -2.02. The van der Waals surface area contributed by atoms with Crippen LogP contribution < -0.4 is 0 Å². The third-order valence-corrected chi connectivity index (χ3v) is 0.903. The van der Waals surface area contributed by atoms with Crippen LogP contribution in [0.5, 0.6) is 0 Å². The second kappa shape index (κ2) is 5.20. The van der Waals surface area contributed by atoms with Crippen molar-refractivity contribution < 1.29 is 17.3 Å². The first-order chi connectivity index (χ1) is 5.93. The number of hydrogen-bond donors (Lipinski definition) is 0. The smallest absolute Gasteiger partial charge is 0.418 e. The maximum absolute atomic E-state index is 9.75. The third-order valence-electron chi connectivity index (χ3n) is 0.903. The van der Waals surface area contributed by atoms with Gasteiger partial charge in [-0.1, -0.05) is 18.2 Å². The Bertz CT molecular complexity index is 271. The quantitative estimate of drug-likeness (QED) is 0.455. The fourth-order valence-corrected chi connectivity index (χ4v) is 0.513. The first-order valence-corrected chi connectivity index (χ1v) is 3.26. The minimum atomic E-state index is -6.00. The molecule has 0 amide bonds. The van der Waals surface area contributed by atoms with E-state index in [0.29, 0.717) is 5.56 Å². The standard InChI is InChI=1S/C7H5N.BF4/c8-6-7-4-2-1-3-5-7;2-1(3,4)5/h1-5H;/q;-1. The first kappa shape index (κ1) is 11.5. The molecule has 0 radical (unpaired) electrons. The first-order valence-electron chi connectivity index (χ1n) is 3.26. The molecule has 70 valence electrons. The molecule has 1 aromatic carbocycles. The SMILES string of the molecule is F[B-](F)(F)F.N#Cc1ccccc1. The maximum atomic E-state index is 9.75. The van der Waals surface area contributed by atoms with Gasteiger partial charge in [0, 0.05) is 0 Å². The number of hydrogen-bond acceptors (Lipinski definition) is 1. The highest BCUT2D eigenvalue weighted by Gasteiger charge is 2.20. The molecule has 0 aliphatic carbocycles. The molecule has 1 aromatic rings. The summed E-state index contributed by atoms with van der Waals surface area (Å²) in [6, 6.07) is 11.2. The third kappa shape index (κ3) is 10.5. The van der Waals surface area contributed by atoms with Gasteiger partial charge in [0.1, 0.15) is 0 Å². The molecule has 0 atom stereocenters. The number of nitriles is 1. The molecule has 0 spiro atoms. The second-order valence-corrected chi connectivity index (χ2v) is 1.97. The number of benzene rings is 1. The molecule has 1 nitrogen and oxygen atoms in total. The summed E-state index contributed by atoms with van der Waals surface area (Å²) in [6.07, 6.45) is 0. The number of rotatable bonds is 0. The van der Waals surface area contributed by atoms with Crippen molar-refractivity contribution in [1.29, 1.82) is 5.26 Å². The van der Waals surface area contributed by atoms with E-state index >= 15 is 0 Å². The molecule has 13 heavy (non-hydrogen) atoms. The summed E-state index contributed by atoms with van der Waals surface area (Å²) < 4.78 is 39.0. The van der Waals surface area contributed by atoms with E-state index < -0.39 is 7.25 Å². The van der Waals surface area contributed by atoms with Gasteiger partial charge in [0.2, 0.25) is 0 Å². The Hall–Kier alpha value is -1.51. The summed E-state index contributed by atoms with van der Waals surface area (Å²) in [6.45, 7) is 0. The topological polar surface area (TPSA) is 23.8 Å². The molecule has 0 saturated heterocycles. The van der Waals surface area contributed by atoms with Crippen LogP contribution in [0.4, 0.5) is 17.3 Å². The molecule has 0 bridgehead atoms. The Kier molecular flexibility index (Phi) is 4.59. The van der Waals surface area contributed by atoms with Crippen molar-refractivity contribution in [3.63, 3.8) is 0 Å². The average molecular weight is 190 g/mol. The predicted molar refractivity (Wildman–Crippen MR) is 41.3 cm³/mol. The lowest BCUT2D eigenvalue weighted by molar-refractivity contribution is 0.368. The van der Waals surface area contributed by atoms with Crippen molar-refractivity contribution in [2.24, 2.45) is 0 Å². The molecule has 1 rings (SSSR count). The van der Waals surface area contributed by atoms with Gasteiger partial charge in [-0.05, 0) is 12.1 Å². The molecule has 0 unspecified atom stereocenters. The predicted octanol–water partition coefficient (Wildman–Crippen LogP) is 2.86. The molecule has 0 aliphatic rings. The lowest BCUT2D eigenvalue weighted by Gasteiger charge is -1.94. The molecular formula is C7H5BF4N-. The van der Waals surface area contributed by atoms with Gasteiger partial charge in [-0.2, -0.15) is 5.26 Å². The summed E-state index contributed by atoms with van der Waals surface area (Å²) in [7, 11) is -6.00. The van der Waals surface area contributed by atoms with E-state index in [1.807, 2.05) is 24.3 Å². The second-order valence-electron chi connectivity index (χ2n) is 1.97. The van der Waals surface area contributed by atoms with E-state index in [0.717, 1.165) is 0 Å². The lowest BCUT2D eigenvalue weighted by atomic mass is 10.2. The Labute approximate surface area is 72.7 Å². The van der Waals surface area contributed by atoms with Crippen molar-refractivity contribution in [2.75, 3.05) is 0 Å². The van der Waals surface area contributed by atoms with Crippen LogP contribution in [0.3, 0.4) is 0 Å². The fraction of sp³-hybridized carbons (Fsp3) is 0. The Balaban J connectivity index is 0.000000252. The monoisotopic (exact) mass is 190 g/mol. The molecule has 0 N–H and O–H groups in total. The molecule has 0 aromatic heterocycles. The van der Waals surface area contributed by atoms with Crippen molar-refractivity contribution >= 4 is 7.25 Å². The summed E-state index contributed by atoms with van der Waals surface area (Å²) in [5, 5.41) is 8.29. The van der Waals surface area contributed by atoms with Crippen molar-refractivity contribution in [3.8, 4) is 6.07 Å². The van der Waals surface area contributed by atoms with Gasteiger partial charge < -0.3 is 17.3 Å². The van der Waals surface area contributed by atoms with E-state index in [2.05, 4.69) is 0 Å². The zero-order valence-corrected chi connectivity index (χ0v) is 6.42. The number of nitrogens with zero attached hydrogens (tertiary/aromatic N) is 1. The fourth-order valence-electron chi connectivity index (χ4n) is 0.513. The molecular weight excluding hydrogens is 185 g/mol. The highest BCUT2D eigenvalue weighted by atomic mass is 19.5. The zero-order chi connectivity index (χ0) is 10.3. The summed E-state index contributed by atoms with van der Waals surface area (Å²) in [5.74, 6) is 0. The van der Waals surface area contributed by atoms with Crippen LogP contribution in [0.1, 0.15) is 5.56 Å². The van der Waals surface area contributed by atoms with Crippen LogP contribution in [0, 0.1) is 11.3 Å². The van der Waals surface area contributed by atoms with Gasteiger partial charge in [-0.15, -0.1) is 0 Å². The largest absolute Gasteiger partial charge is 0.673 e. The van der Waals surface area contributed by atoms with E-state index in [4.69, 9.17) is 5.26 Å². The summed E-state index contributed by atoms with van der Waals surface area (Å²) in [5.41, 5.74) is 0.715. The van der Waals surface area contributed by atoms with Gasteiger partial charge in [0.05, 0.1) is 11.6 Å². The summed E-state index contributed by atoms with van der Waals surface area (Å²) in [4.78, 5) is 0. The van der Waals surface area contributed by atoms with Gasteiger partial charge in [0.15, 0.2) is 0 Å². The van der Waals surface area contributed by atoms with Gasteiger partial charge in [0.25, 0.3) is 0 Å². The minimum Gasteiger partial charge on any atom is -0.418 e. The molecule has 6 heteroatoms. The van der Waals surface area contributed by atoms with Gasteiger partial charge >= 0.3 is 7.25 Å². The van der Waals surface area contributed by atoms with Crippen LogP contribution in [-0.4, -0.2) is 7.25 Å². The van der Waals surface area contributed by atoms with Crippen LogP contribution in [0.15, 0.2) is 30.3 Å². The Morgan fingerprint density at radius 2 is 1.38 bits per heavy atom. The summed E-state index contributed by atoms with van der Waals surface area (Å²) >= 11 is 0. The highest BCUT2D eigenvalue weighted by Crippen LogP contribution is 2.06. The van der Waals surface area contributed by atoms with Crippen LogP contribution in [-0.2, 0) is 0 Å². The van der Waals surface area contributed by atoms with Gasteiger partial charge in [-0.25, -0.2) is 0 Å². The zero-order valence-electron chi connectivity index (χ0n) is 6.42. The van der Waals surface area contributed by atoms with Crippen LogP contribution in [0.25, 0.3) is 0 Å². The normalized spacial score (nSPS) is 9.46. The minimum absolute atomic E-state index is 0.715. The van der Waals surface area contributed by atoms with E-state index in [9.17, 15) is 17.3 Å². The van der Waals surface area contributed by atoms with Crippen LogP contribution >= 0.6 is 0 Å². The highest BCUT2D eigenvalue weighted by molar-refractivity contribution is 6.50. The maximum Gasteiger partial charge on any atom is 0.673 e. The Morgan fingerprint density at radius 3 is 1.62 bits per heavy atom. The molecule has 0 saturated carbocycles. The molecule has 0 fully saturated rings. The van der Waals surface area contributed by atoms with Crippen LogP contribution in [0.2, 0.25) is 0 Å². The van der Waals surface area contributed by atoms with E-state index in [-0.39, 0.29) is 0 Å². The number of halogens is 4.